The first-order valence-electron chi connectivity index (χ1n) is 5.16. The van der Waals surface area contributed by atoms with Crippen molar-refractivity contribution < 1.29 is 4.79 Å². The average molecular weight is 246 g/mol. The number of likely N-dealkylation sites (N-methyl/N-ethyl adjacent to an activating group) is 1. The lowest BCUT2D eigenvalue weighted by Gasteiger charge is -2.11. The largest absolute Gasteiger partial charge is 0.354 e. The molecule has 1 atom stereocenters. The summed E-state index contributed by atoms with van der Waals surface area (Å²) in [6.45, 7) is 6.53. The highest BCUT2D eigenvalue weighted by molar-refractivity contribution is 5.94. The van der Waals surface area contributed by atoms with Crippen molar-refractivity contribution in [3.05, 3.63) is 23.0 Å². The molecule has 0 aliphatic heterocycles. The van der Waals surface area contributed by atoms with E-state index in [1.54, 1.807) is 0 Å². The number of nitrogens with one attached hydrogen (secondary N) is 3. The summed E-state index contributed by atoms with van der Waals surface area (Å²) in [6, 6.07) is 2.25. The van der Waals surface area contributed by atoms with Gasteiger partial charge in [0.15, 0.2) is 0 Å². The molecule has 0 aromatic carbocycles. The molecule has 1 aromatic rings. The number of hydrogen-bond donors (Lipinski definition) is 3. The van der Waals surface area contributed by atoms with Gasteiger partial charge in [-0.25, -0.2) is 0 Å². The maximum atomic E-state index is 11.7. The third kappa shape index (κ3) is 3.87. The third-order valence-electron chi connectivity index (χ3n) is 2.44. The number of carbonyl (C=O) groups is 1. The van der Waals surface area contributed by atoms with Crippen LogP contribution in [0.25, 0.3) is 0 Å². The van der Waals surface area contributed by atoms with Crippen LogP contribution < -0.4 is 10.6 Å². The zero-order chi connectivity index (χ0) is 11.4. The van der Waals surface area contributed by atoms with Gasteiger partial charge in [-0.15, -0.1) is 12.4 Å². The minimum Gasteiger partial charge on any atom is -0.354 e. The van der Waals surface area contributed by atoms with Crippen molar-refractivity contribution >= 4 is 18.3 Å². The van der Waals surface area contributed by atoms with Gasteiger partial charge in [0.2, 0.25) is 0 Å². The summed E-state index contributed by atoms with van der Waals surface area (Å²) in [4.78, 5) is 14.8. The van der Waals surface area contributed by atoms with Crippen molar-refractivity contribution in [1.29, 1.82) is 0 Å². The van der Waals surface area contributed by atoms with E-state index < -0.39 is 0 Å². The van der Waals surface area contributed by atoms with Crippen LogP contribution in [0.5, 0.6) is 0 Å². The van der Waals surface area contributed by atoms with Crippen LogP contribution in [-0.4, -0.2) is 30.5 Å². The van der Waals surface area contributed by atoms with Gasteiger partial charge < -0.3 is 15.6 Å². The summed E-state index contributed by atoms with van der Waals surface area (Å²) in [5.74, 6) is -0.0392. The molecule has 0 bridgehead atoms. The van der Waals surface area contributed by atoms with E-state index in [2.05, 4.69) is 15.6 Å². The number of hydrogen-bond acceptors (Lipinski definition) is 2. The molecule has 1 heterocycles. The van der Waals surface area contributed by atoms with E-state index in [0.717, 1.165) is 11.3 Å². The predicted octanol–water partition coefficient (Wildman–Crippen LogP) is 1.39. The molecule has 92 valence electrons. The first kappa shape index (κ1) is 15.0. The SMILES string of the molecule is CNC(C)CNC(=O)c1[nH]c(C)cc1C.Cl. The molecule has 0 aliphatic carbocycles. The minimum atomic E-state index is -0.0392. The van der Waals surface area contributed by atoms with E-state index in [1.807, 2.05) is 33.9 Å². The fourth-order valence-corrected chi connectivity index (χ4v) is 1.40. The third-order valence-corrected chi connectivity index (χ3v) is 2.44. The minimum absolute atomic E-state index is 0. The van der Waals surface area contributed by atoms with Crippen molar-refractivity contribution in [1.82, 2.24) is 15.6 Å². The molecule has 16 heavy (non-hydrogen) atoms. The van der Waals surface area contributed by atoms with Crippen LogP contribution in [0, 0.1) is 13.8 Å². The van der Waals surface area contributed by atoms with Crippen molar-refractivity contribution in [2.75, 3.05) is 13.6 Å². The zero-order valence-electron chi connectivity index (χ0n) is 10.2. The van der Waals surface area contributed by atoms with E-state index in [9.17, 15) is 4.79 Å². The molecule has 0 radical (unpaired) electrons. The van der Waals surface area contributed by atoms with Gasteiger partial charge in [-0.3, -0.25) is 4.79 Å². The monoisotopic (exact) mass is 245 g/mol. The topological polar surface area (TPSA) is 56.9 Å². The fraction of sp³-hybridized carbons (Fsp3) is 0.545. The second kappa shape index (κ2) is 6.55. The van der Waals surface area contributed by atoms with E-state index in [-0.39, 0.29) is 24.4 Å². The fourth-order valence-electron chi connectivity index (χ4n) is 1.40. The Morgan fingerprint density at radius 1 is 1.50 bits per heavy atom. The Hall–Kier alpha value is -1.00. The second-order valence-corrected chi connectivity index (χ2v) is 3.91. The molecule has 0 fully saturated rings. The van der Waals surface area contributed by atoms with Gasteiger partial charge in [0.1, 0.15) is 5.69 Å². The van der Waals surface area contributed by atoms with Crippen molar-refractivity contribution in [2.45, 2.75) is 26.8 Å². The number of aromatic nitrogens is 1. The van der Waals surface area contributed by atoms with E-state index >= 15 is 0 Å². The number of H-pyrrole nitrogens is 1. The maximum Gasteiger partial charge on any atom is 0.268 e. The Labute approximate surface area is 103 Å². The van der Waals surface area contributed by atoms with Crippen LogP contribution in [0.1, 0.15) is 28.7 Å². The smallest absolute Gasteiger partial charge is 0.268 e. The Balaban J connectivity index is 0.00000225. The molecule has 3 N–H and O–H groups in total. The molecule has 1 rings (SSSR count). The Morgan fingerprint density at radius 2 is 2.12 bits per heavy atom. The number of halogens is 1. The standard InChI is InChI=1S/C11H19N3O.ClH/c1-7-5-8(2)14-10(7)11(15)13-6-9(3)12-4;/h5,9,12,14H,6H2,1-4H3,(H,13,15);1H. The van der Waals surface area contributed by atoms with Crippen LogP contribution in [0.2, 0.25) is 0 Å². The summed E-state index contributed by atoms with van der Waals surface area (Å²) < 4.78 is 0. The van der Waals surface area contributed by atoms with Crippen molar-refractivity contribution in [2.24, 2.45) is 0 Å². The number of aryl methyl sites for hydroxylation is 2. The van der Waals surface area contributed by atoms with Gasteiger partial charge in [0.05, 0.1) is 0 Å². The first-order chi connectivity index (χ1) is 7.04. The van der Waals surface area contributed by atoms with Gasteiger partial charge in [-0.2, -0.15) is 0 Å². The summed E-state index contributed by atoms with van der Waals surface area (Å²) in [7, 11) is 1.88. The van der Waals surface area contributed by atoms with E-state index in [1.165, 1.54) is 0 Å². The number of carbonyl (C=O) groups excluding carboxylic acids is 1. The molecule has 4 nitrogen and oxygen atoms in total. The lowest BCUT2D eigenvalue weighted by Crippen LogP contribution is -2.37. The van der Waals surface area contributed by atoms with E-state index in [0.29, 0.717) is 12.2 Å². The summed E-state index contributed by atoms with van der Waals surface area (Å²) in [6.07, 6.45) is 0. The second-order valence-electron chi connectivity index (χ2n) is 3.91. The van der Waals surface area contributed by atoms with E-state index in [4.69, 9.17) is 0 Å². The van der Waals surface area contributed by atoms with Gasteiger partial charge in [-0.05, 0) is 39.4 Å². The van der Waals surface area contributed by atoms with Gasteiger partial charge in [-0.1, -0.05) is 0 Å². The first-order valence-corrected chi connectivity index (χ1v) is 5.16. The normalized spacial score (nSPS) is 11.8. The van der Waals surface area contributed by atoms with Crippen LogP contribution in [0.15, 0.2) is 6.07 Å². The predicted molar refractivity (Wildman–Crippen MR) is 68.4 cm³/mol. The zero-order valence-corrected chi connectivity index (χ0v) is 11.0. The molecule has 0 saturated heterocycles. The quantitative estimate of drug-likeness (QED) is 0.751. The average Bonchev–Trinajstić information content (AvgIpc) is 2.53. The van der Waals surface area contributed by atoms with Gasteiger partial charge in [0, 0.05) is 18.3 Å². The summed E-state index contributed by atoms with van der Waals surface area (Å²) in [5.41, 5.74) is 2.66. The molecule has 0 spiro atoms. The lowest BCUT2D eigenvalue weighted by atomic mass is 10.2. The maximum absolute atomic E-state index is 11.7. The van der Waals surface area contributed by atoms with Gasteiger partial charge in [0.25, 0.3) is 5.91 Å². The highest BCUT2D eigenvalue weighted by Crippen LogP contribution is 2.08. The molecule has 1 amide bonds. The summed E-state index contributed by atoms with van der Waals surface area (Å²) in [5, 5.41) is 5.94. The number of amides is 1. The van der Waals surface area contributed by atoms with Crippen LogP contribution in [0.4, 0.5) is 0 Å². The Morgan fingerprint density at radius 3 is 2.56 bits per heavy atom. The highest BCUT2D eigenvalue weighted by Gasteiger charge is 2.11. The molecule has 1 aromatic heterocycles. The van der Waals surface area contributed by atoms with Crippen molar-refractivity contribution in [3.63, 3.8) is 0 Å². The van der Waals surface area contributed by atoms with Crippen LogP contribution in [0.3, 0.4) is 0 Å². The molecule has 1 unspecified atom stereocenters. The van der Waals surface area contributed by atoms with Gasteiger partial charge >= 0.3 is 0 Å². The number of aromatic amines is 1. The molecular formula is C11H20ClN3O. The highest BCUT2D eigenvalue weighted by atomic mass is 35.5. The molecular weight excluding hydrogens is 226 g/mol. The molecule has 0 aliphatic rings. The Bertz CT molecular complexity index is 349. The lowest BCUT2D eigenvalue weighted by molar-refractivity contribution is 0.0945. The van der Waals surface area contributed by atoms with Crippen molar-refractivity contribution in [3.8, 4) is 0 Å². The van der Waals surface area contributed by atoms with Crippen LogP contribution in [-0.2, 0) is 0 Å². The molecule has 0 saturated carbocycles. The Kier molecular flexibility index (Phi) is 6.14. The molecule has 5 heteroatoms. The summed E-state index contributed by atoms with van der Waals surface area (Å²) >= 11 is 0. The van der Waals surface area contributed by atoms with Crippen LogP contribution >= 0.6 is 12.4 Å². The number of rotatable bonds is 4.